The smallest absolute Gasteiger partial charge is 0.264 e. The number of nitrogens with one attached hydrogen (secondary N) is 2. The number of rotatable bonds is 8. The maximum absolute atomic E-state index is 15.9. The first-order valence-electron chi connectivity index (χ1n) is 13.1. The monoisotopic (exact) mass is 586 g/mol. The third-order valence-corrected chi connectivity index (χ3v) is 8.16. The fourth-order valence-corrected chi connectivity index (χ4v) is 6.13. The third kappa shape index (κ3) is 6.33. The lowest BCUT2D eigenvalue weighted by atomic mass is 9.99. The molecule has 0 bridgehead atoms. The number of carbonyl (C=O) groups excluding carboxylic acids is 1. The maximum Gasteiger partial charge on any atom is 0.264 e. The Morgan fingerprint density at radius 2 is 1.95 bits per heavy atom. The van der Waals surface area contributed by atoms with E-state index >= 15 is 8.78 Å². The predicted molar refractivity (Wildman–Crippen MR) is 155 cm³/mol. The Hall–Kier alpha value is -3.63. The molecule has 0 radical (unpaired) electrons. The minimum absolute atomic E-state index is 0.0970. The fourth-order valence-electron chi connectivity index (χ4n) is 4.97. The Kier molecular flexibility index (Phi) is 8.94. The van der Waals surface area contributed by atoms with Crippen LogP contribution < -0.4 is 21.5 Å². The first kappa shape index (κ1) is 30.3. The van der Waals surface area contributed by atoms with Crippen molar-refractivity contribution in [2.45, 2.75) is 38.3 Å². The van der Waals surface area contributed by atoms with Gasteiger partial charge in [0.2, 0.25) is 0 Å². The number of benzene rings is 2. The van der Waals surface area contributed by atoms with E-state index in [4.69, 9.17) is 11.0 Å². The number of likely N-dealkylation sites (tertiary alicyclic amines) is 1. The minimum atomic E-state index is -1.26. The lowest BCUT2D eigenvalue weighted by molar-refractivity contribution is 0.0703. The number of halogens is 3. The van der Waals surface area contributed by atoms with E-state index in [1.54, 1.807) is 17.0 Å². The van der Waals surface area contributed by atoms with Gasteiger partial charge in [0.05, 0.1) is 28.3 Å². The minimum Gasteiger partial charge on any atom is -0.397 e. The number of nitriles is 1. The van der Waals surface area contributed by atoms with Gasteiger partial charge in [-0.05, 0) is 63.6 Å². The Balaban J connectivity index is 1.87. The second kappa shape index (κ2) is 12.1. The number of nitrogens with two attached hydrogens (primary N) is 1. The first-order valence-corrected chi connectivity index (χ1v) is 14.0. The standard InChI is InChI=1S/C29H33F3N6O2S/c1-29(2,40)15-38(36-4)26-22(34)11-20(24(31)25(26)32)27-19(16-7-8-17(13-33)21(30)10-16)12-23(41-27)28(39)37-9-5-6-18(14-37)35-3/h7-8,10-12,18,35-36,40H,5-6,9,14-15,34H2,1-4H3. The van der Waals surface area contributed by atoms with Crippen molar-refractivity contribution in [3.63, 3.8) is 0 Å². The number of aliphatic hydroxyl groups is 1. The van der Waals surface area contributed by atoms with Crippen molar-refractivity contribution >= 4 is 28.6 Å². The van der Waals surface area contributed by atoms with Gasteiger partial charge in [-0.1, -0.05) is 6.07 Å². The van der Waals surface area contributed by atoms with E-state index in [-0.39, 0.29) is 50.7 Å². The second-order valence-corrected chi connectivity index (χ2v) is 11.7. The van der Waals surface area contributed by atoms with Gasteiger partial charge in [0.1, 0.15) is 17.6 Å². The number of piperidine rings is 1. The number of hydrogen-bond acceptors (Lipinski definition) is 8. The molecule has 0 saturated carbocycles. The van der Waals surface area contributed by atoms with Gasteiger partial charge in [0.25, 0.3) is 5.91 Å². The number of amides is 1. The molecule has 3 aromatic rings. The van der Waals surface area contributed by atoms with Crippen molar-refractivity contribution in [3.8, 4) is 27.6 Å². The lowest BCUT2D eigenvalue weighted by Gasteiger charge is -2.32. The number of nitrogen functional groups attached to an aromatic ring is 1. The average molecular weight is 587 g/mol. The summed E-state index contributed by atoms with van der Waals surface area (Å²) in [6.07, 6.45) is 1.74. The molecule has 1 fully saturated rings. The molecular formula is C29H33F3N6O2S. The first-order chi connectivity index (χ1) is 19.4. The molecule has 1 aliphatic rings. The summed E-state index contributed by atoms with van der Waals surface area (Å²) in [6.45, 7) is 3.99. The number of anilines is 2. The number of thiophene rings is 1. The van der Waals surface area contributed by atoms with Crippen LogP contribution in [-0.4, -0.2) is 61.3 Å². The van der Waals surface area contributed by atoms with Crippen LogP contribution in [0.15, 0.2) is 30.3 Å². The highest BCUT2D eigenvalue weighted by Crippen LogP contribution is 2.44. The van der Waals surface area contributed by atoms with Gasteiger partial charge >= 0.3 is 0 Å². The summed E-state index contributed by atoms with van der Waals surface area (Å²) >= 11 is 0.965. The number of hydrazine groups is 1. The molecule has 2 heterocycles. The summed E-state index contributed by atoms with van der Waals surface area (Å²) in [5.41, 5.74) is 7.56. The predicted octanol–water partition coefficient (Wildman–Crippen LogP) is 4.49. The Labute approximate surface area is 241 Å². The normalized spacial score (nSPS) is 15.6. The Morgan fingerprint density at radius 1 is 1.22 bits per heavy atom. The van der Waals surface area contributed by atoms with E-state index in [0.717, 1.165) is 30.2 Å². The van der Waals surface area contributed by atoms with E-state index in [1.165, 1.54) is 44.1 Å². The summed E-state index contributed by atoms with van der Waals surface area (Å²) in [4.78, 5) is 15.7. The SMILES string of the molecule is CNC1CCCN(C(=O)c2cc(-c3ccc(C#N)c(F)c3)c(-c3cc(N)c(N(CC(C)(C)O)NC)c(F)c3F)s2)C1. The van der Waals surface area contributed by atoms with Gasteiger partial charge in [-0.2, -0.15) is 5.26 Å². The van der Waals surface area contributed by atoms with Crippen LogP contribution >= 0.6 is 11.3 Å². The van der Waals surface area contributed by atoms with Crippen LogP contribution in [0.25, 0.3) is 21.6 Å². The molecule has 1 aromatic heterocycles. The molecule has 8 nitrogen and oxygen atoms in total. The van der Waals surface area contributed by atoms with Crippen LogP contribution in [0.3, 0.4) is 0 Å². The molecular weight excluding hydrogens is 553 g/mol. The molecule has 1 unspecified atom stereocenters. The van der Waals surface area contributed by atoms with Crippen LogP contribution in [-0.2, 0) is 0 Å². The molecule has 218 valence electrons. The van der Waals surface area contributed by atoms with Gasteiger partial charge in [0.15, 0.2) is 11.6 Å². The van der Waals surface area contributed by atoms with E-state index in [1.807, 2.05) is 7.05 Å². The second-order valence-electron chi connectivity index (χ2n) is 10.7. The molecule has 5 N–H and O–H groups in total. The molecule has 1 aliphatic heterocycles. The van der Waals surface area contributed by atoms with Crippen LogP contribution in [0, 0.1) is 28.8 Å². The van der Waals surface area contributed by atoms with Crippen molar-refractivity contribution in [2.24, 2.45) is 0 Å². The summed E-state index contributed by atoms with van der Waals surface area (Å²) in [7, 11) is 3.33. The van der Waals surface area contributed by atoms with E-state index in [2.05, 4.69) is 10.7 Å². The van der Waals surface area contributed by atoms with E-state index in [9.17, 15) is 14.3 Å². The number of carbonyl (C=O) groups is 1. The summed E-state index contributed by atoms with van der Waals surface area (Å²) in [5.74, 6) is -3.51. The zero-order chi connectivity index (χ0) is 30.1. The van der Waals surface area contributed by atoms with Gasteiger partial charge < -0.3 is 26.1 Å². The zero-order valence-electron chi connectivity index (χ0n) is 23.3. The zero-order valence-corrected chi connectivity index (χ0v) is 24.1. The molecule has 41 heavy (non-hydrogen) atoms. The Bertz CT molecular complexity index is 1500. The van der Waals surface area contributed by atoms with E-state index < -0.39 is 23.1 Å². The lowest BCUT2D eigenvalue weighted by Crippen LogP contribution is -2.46. The van der Waals surface area contributed by atoms with Crippen molar-refractivity contribution < 1.29 is 23.1 Å². The maximum atomic E-state index is 15.9. The fraction of sp³-hybridized carbons (Fsp3) is 0.379. The molecule has 0 aliphatic carbocycles. The van der Waals surface area contributed by atoms with Gasteiger partial charge in [-0.15, -0.1) is 11.3 Å². The van der Waals surface area contributed by atoms with Gasteiger partial charge in [-0.25, -0.2) is 18.6 Å². The number of hydrogen-bond donors (Lipinski definition) is 4. The molecule has 1 atom stereocenters. The highest BCUT2D eigenvalue weighted by Gasteiger charge is 2.30. The number of likely N-dealkylation sites (N-methyl/N-ethyl adjacent to an activating group) is 1. The van der Waals surface area contributed by atoms with Crippen molar-refractivity contribution in [2.75, 3.05) is 44.5 Å². The quantitative estimate of drug-likeness (QED) is 0.227. The third-order valence-electron chi connectivity index (χ3n) is 7.00. The van der Waals surface area contributed by atoms with Crippen molar-refractivity contribution in [1.29, 1.82) is 5.26 Å². The molecule has 2 aromatic carbocycles. The number of nitrogens with zero attached hydrogens (tertiary/aromatic N) is 3. The summed E-state index contributed by atoms with van der Waals surface area (Å²) in [6, 6.07) is 8.64. The van der Waals surface area contributed by atoms with Crippen LogP contribution in [0.5, 0.6) is 0 Å². The Morgan fingerprint density at radius 3 is 2.56 bits per heavy atom. The summed E-state index contributed by atoms with van der Waals surface area (Å²) in [5, 5.41) is 23.8. The average Bonchev–Trinajstić information content (AvgIpc) is 3.38. The molecule has 1 saturated heterocycles. The highest BCUT2D eigenvalue weighted by atomic mass is 32.1. The highest BCUT2D eigenvalue weighted by molar-refractivity contribution is 7.18. The van der Waals surface area contributed by atoms with Gasteiger partial charge in [-0.3, -0.25) is 4.79 Å². The topological polar surface area (TPSA) is 118 Å². The summed E-state index contributed by atoms with van der Waals surface area (Å²) < 4.78 is 46.2. The molecule has 12 heteroatoms. The largest absolute Gasteiger partial charge is 0.397 e. The van der Waals surface area contributed by atoms with Gasteiger partial charge in [0, 0.05) is 42.2 Å². The molecule has 4 rings (SSSR count). The van der Waals surface area contributed by atoms with Crippen molar-refractivity contribution in [3.05, 3.63) is 58.2 Å². The van der Waals surface area contributed by atoms with Crippen LogP contribution in [0.1, 0.15) is 41.9 Å². The van der Waals surface area contributed by atoms with Crippen LogP contribution in [0.2, 0.25) is 0 Å². The molecule has 0 spiro atoms. The van der Waals surface area contributed by atoms with E-state index in [0.29, 0.717) is 24.2 Å². The van der Waals surface area contributed by atoms with Crippen LogP contribution in [0.4, 0.5) is 24.5 Å². The molecule has 1 amide bonds. The van der Waals surface area contributed by atoms with Crippen molar-refractivity contribution in [1.82, 2.24) is 15.6 Å².